The highest BCUT2D eigenvalue weighted by Gasteiger charge is 2.60. The van der Waals surface area contributed by atoms with E-state index in [1.165, 1.54) is 0 Å². The first-order valence-corrected chi connectivity index (χ1v) is 8.85. The molecule has 0 saturated carbocycles. The van der Waals surface area contributed by atoms with E-state index in [-0.39, 0.29) is 5.56 Å². The number of hydrogen-bond donors (Lipinski definition) is 0. The molecule has 1 aliphatic rings. The molecule has 2 aromatic carbocycles. The lowest BCUT2D eigenvalue weighted by Gasteiger charge is -2.32. The second-order valence-corrected chi connectivity index (χ2v) is 7.96. The average molecular weight is 378 g/mol. The molecule has 0 amide bonds. The Kier molecular flexibility index (Phi) is 4.89. The van der Waals surface area contributed by atoms with Gasteiger partial charge in [0.1, 0.15) is 0 Å². The van der Waals surface area contributed by atoms with E-state index >= 15 is 0 Å². The topological polar surface area (TPSA) is 35.5 Å². The Morgan fingerprint density at radius 2 is 1.56 bits per heavy atom. The van der Waals surface area contributed by atoms with Crippen molar-refractivity contribution >= 4 is 23.7 Å². The molecule has 7 heteroatoms. The maximum atomic E-state index is 13.7. The molecule has 1 fully saturated rings. The van der Waals surface area contributed by atoms with Crippen LogP contribution in [-0.4, -0.2) is 30.3 Å². The second-order valence-electron chi connectivity index (χ2n) is 7.96. The SMILES string of the molecule is CC1(C)OB([C@@H](CC(=O)c2ccc3ccccc3c2)C(F)(F)F)OC1(C)C. The van der Waals surface area contributed by atoms with Crippen molar-refractivity contribution in [2.45, 2.75) is 57.3 Å². The van der Waals surface area contributed by atoms with E-state index in [4.69, 9.17) is 9.31 Å². The zero-order valence-corrected chi connectivity index (χ0v) is 15.8. The number of carbonyl (C=O) groups excluding carboxylic acids is 1. The van der Waals surface area contributed by atoms with Gasteiger partial charge in [-0.1, -0.05) is 36.4 Å². The zero-order chi connectivity index (χ0) is 20.0. The van der Waals surface area contributed by atoms with Crippen LogP contribution in [0.4, 0.5) is 13.2 Å². The third kappa shape index (κ3) is 3.89. The van der Waals surface area contributed by atoms with Gasteiger partial charge in [0.05, 0.1) is 17.0 Å². The van der Waals surface area contributed by atoms with Crippen LogP contribution in [0.2, 0.25) is 5.82 Å². The van der Waals surface area contributed by atoms with Crippen molar-refractivity contribution in [1.29, 1.82) is 0 Å². The lowest BCUT2D eigenvalue weighted by molar-refractivity contribution is -0.138. The van der Waals surface area contributed by atoms with Gasteiger partial charge in [-0.15, -0.1) is 0 Å². The second kappa shape index (κ2) is 6.64. The number of alkyl halides is 3. The van der Waals surface area contributed by atoms with Gasteiger partial charge in [0.15, 0.2) is 5.78 Å². The van der Waals surface area contributed by atoms with Gasteiger partial charge in [-0.25, -0.2) is 0 Å². The summed E-state index contributed by atoms with van der Waals surface area (Å²) in [5, 5.41) is 1.73. The fourth-order valence-corrected chi connectivity index (χ4v) is 3.10. The molecule has 0 N–H and O–H groups in total. The predicted molar refractivity (Wildman–Crippen MR) is 98.8 cm³/mol. The normalized spacial score (nSPS) is 20.0. The van der Waals surface area contributed by atoms with E-state index in [2.05, 4.69) is 0 Å². The number of ketones is 1. The molecule has 2 aromatic rings. The summed E-state index contributed by atoms with van der Waals surface area (Å²) in [6.45, 7) is 6.74. The lowest BCUT2D eigenvalue weighted by atomic mass is 9.68. The van der Waals surface area contributed by atoms with Gasteiger partial charge < -0.3 is 9.31 Å². The summed E-state index contributed by atoms with van der Waals surface area (Å²) in [7, 11) is -1.51. The van der Waals surface area contributed by atoms with Crippen molar-refractivity contribution in [3.63, 3.8) is 0 Å². The van der Waals surface area contributed by atoms with Gasteiger partial charge in [0.2, 0.25) is 0 Å². The minimum Gasteiger partial charge on any atom is -0.403 e. The van der Waals surface area contributed by atoms with E-state index in [0.29, 0.717) is 0 Å². The van der Waals surface area contributed by atoms with Gasteiger partial charge in [-0.2, -0.15) is 13.2 Å². The average Bonchev–Trinajstić information content (AvgIpc) is 2.78. The van der Waals surface area contributed by atoms with Gasteiger partial charge in [0.25, 0.3) is 0 Å². The van der Waals surface area contributed by atoms with Crippen LogP contribution in [-0.2, 0) is 9.31 Å². The van der Waals surface area contributed by atoms with Crippen molar-refractivity contribution in [1.82, 2.24) is 0 Å². The Bertz CT molecular complexity index is 845. The summed E-state index contributed by atoms with van der Waals surface area (Å²) in [4.78, 5) is 12.6. The molecule has 3 nitrogen and oxygen atoms in total. The fraction of sp³-hybridized carbons (Fsp3) is 0.450. The third-order valence-electron chi connectivity index (χ3n) is 5.50. The molecule has 1 heterocycles. The van der Waals surface area contributed by atoms with E-state index in [1.807, 2.05) is 24.3 Å². The number of carbonyl (C=O) groups is 1. The molecule has 1 saturated heterocycles. The number of hydrogen-bond acceptors (Lipinski definition) is 3. The molecule has 0 bridgehead atoms. The molecule has 144 valence electrons. The Hall–Kier alpha value is -1.86. The maximum absolute atomic E-state index is 13.7. The van der Waals surface area contributed by atoms with Crippen molar-refractivity contribution in [2.24, 2.45) is 0 Å². The third-order valence-corrected chi connectivity index (χ3v) is 5.50. The number of rotatable bonds is 4. The maximum Gasteiger partial charge on any atom is 0.470 e. The van der Waals surface area contributed by atoms with Gasteiger partial charge in [-0.05, 0) is 44.5 Å². The Labute approximate surface area is 157 Å². The molecule has 0 aromatic heterocycles. The number of Topliss-reactive ketones (excluding diaryl/α,β-unsaturated/α-hetero) is 1. The highest BCUT2D eigenvalue weighted by molar-refractivity contribution is 6.48. The molecule has 27 heavy (non-hydrogen) atoms. The number of fused-ring (bicyclic) bond motifs is 1. The van der Waals surface area contributed by atoms with E-state index in [0.717, 1.165) is 10.8 Å². The van der Waals surface area contributed by atoms with Crippen LogP contribution in [0.15, 0.2) is 42.5 Å². The van der Waals surface area contributed by atoms with Crippen LogP contribution < -0.4 is 0 Å². The summed E-state index contributed by atoms with van der Waals surface area (Å²) >= 11 is 0. The fourth-order valence-electron chi connectivity index (χ4n) is 3.10. The van der Waals surface area contributed by atoms with Crippen LogP contribution in [0.3, 0.4) is 0 Å². The van der Waals surface area contributed by atoms with Crippen molar-refractivity contribution < 1.29 is 27.3 Å². The number of benzene rings is 2. The molecule has 1 aliphatic heterocycles. The van der Waals surface area contributed by atoms with Gasteiger partial charge in [0, 0.05) is 12.0 Å². The predicted octanol–water partition coefficient (Wildman–Crippen LogP) is 5.44. The summed E-state index contributed by atoms with van der Waals surface area (Å²) in [5.74, 6) is -2.62. The van der Waals surface area contributed by atoms with Crippen LogP contribution in [0, 0.1) is 0 Å². The Morgan fingerprint density at radius 3 is 2.11 bits per heavy atom. The minimum absolute atomic E-state index is 0.250. The van der Waals surface area contributed by atoms with Gasteiger partial charge >= 0.3 is 13.3 Å². The van der Waals surface area contributed by atoms with Crippen LogP contribution in [0.25, 0.3) is 10.8 Å². The Balaban J connectivity index is 1.85. The van der Waals surface area contributed by atoms with Gasteiger partial charge in [-0.3, -0.25) is 4.79 Å². The molecule has 0 aliphatic carbocycles. The highest BCUT2D eigenvalue weighted by Crippen LogP contribution is 2.46. The van der Waals surface area contributed by atoms with Crippen LogP contribution in [0.5, 0.6) is 0 Å². The highest BCUT2D eigenvalue weighted by atomic mass is 19.4. The minimum atomic E-state index is -4.62. The molecule has 0 radical (unpaired) electrons. The smallest absolute Gasteiger partial charge is 0.403 e. The summed E-state index contributed by atoms with van der Waals surface area (Å²) < 4.78 is 52.2. The molecule has 0 unspecified atom stereocenters. The van der Waals surface area contributed by atoms with Crippen molar-refractivity contribution in [2.75, 3.05) is 0 Å². The number of halogens is 3. The summed E-state index contributed by atoms with van der Waals surface area (Å²) in [6, 6.07) is 12.3. The van der Waals surface area contributed by atoms with Crippen molar-refractivity contribution in [3.8, 4) is 0 Å². The first-order chi connectivity index (χ1) is 12.4. The van der Waals surface area contributed by atoms with E-state index in [9.17, 15) is 18.0 Å². The van der Waals surface area contributed by atoms with E-state index in [1.54, 1.807) is 45.9 Å². The van der Waals surface area contributed by atoms with E-state index < -0.39 is 42.5 Å². The quantitative estimate of drug-likeness (QED) is 0.525. The molecule has 0 spiro atoms. The largest absolute Gasteiger partial charge is 0.470 e. The standard InChI is InChI=1S/C20H22BF3O3/c1-18(2)19(3,4)27-21(26-18)17(20(22,23)24)12-16(25)15-10-9-13-7-5-6-8-14(13)11-15/h5-11,17H,12H2,1-4H3/t17-/m0/s1. The van der Waals surface area contributed by atoms with Crippen LogP contribution >= 0.6 is 0 Å². The molecule has 1 atom stereocenters. The lowest BCUT2D eigenvalue weighted by Crippen LogP contribution is -2.41. The molecular weight excluding hydrogens is 356 g/mol. The summed E-state index contributed by atoms with van der Waals surface area (Å²) in [6.07, 6.45) is -5.34. The van der Waals surface area contributed by atoms with Crippen LogP contribution in [0.1, 0.15) is 44.5 Å². The molecular formula is C20H22BF3O3. The monoisotopic (exact) mass is 378 g/mol. The van der Waals surface area contributed by atoms with Crippen molar-refractivity contribution in [3.05, 3.63) is 48.0 Å². The summed E-state index contributed by atoms with van der Waals surface area (Å²) in [5.41, 5.74) is -1.54. The first kappa shape index (κ1) is 19.9. The molecule has 3 rings (SSSR count). The first-order valence-electron chi connectivity index (χ1n) is 8.85. The Morgan fingerprint density at radius 1 is 1.00 bits per heavy atom. The zero-order valence-electron chi connectivity index (χ0n) is 15.8.